The summed E-state index contributed by atoms with van der Waals surface area (Å²) in [5.41, 5.74) is 3.50. The molecule has 2 heterocycles. The van der Waals surface area contributed by atoms with Gasteiger partial charge in [0, 0.05) is 18.6 Å². The van der Waals surface area contributed by atoms with Gasteiger partial charge in [0.1, 0.15) is 11.8 Å². The summed E-state index contributed by atoms with van der Waals surface area (Å²) in [7, 11) is 3.62. The minimum atomic E-state index is 0.570. The second-order valence-electron chi connectivity index (χ2n) is 4.15. The van der Waals surface area contributed by atoms with Crippen LogP contribution in [-0.4, -0.2) is 16.7 Å². The van der Waals surface area contributed by atoms with Crippen LogP contribution in [0.2, 0.25) is 0 Å². The zero-order valence-corrected chi connectivity index (χ0v) is 10.1. The molecule has 0 saturated heterocycles. The Morgan fingerprint density at radius 2 is 2.11 bits per heavy atom. The lowest BCUT2D eigenvalue weighted by Crippen LogP contribution is -1.88. The predicted molar refractivity (Wildman–Crippen MR) is 69.5 cm³/mol. The Labute approximate surface area is 104 Å². The molecule has 0 unspecified atom stereocenters. The number of aromatic nitrogens is 2. The van der Waals surface area contributed by atoms with E-state index < -0.39 is 0 Å². The number of methoxy groups -OCH3 is 1. The summed E-state index contributed by atoms with van der Waals surface area (Å²) in [6.07, 6.45) is 1.60. The number of nitrogens with zero attached hydrogens (tertiary/aromatic N) is 3. The molecule has 0 amide bonds. The number of ether oxygens (including phenoxy) is 1. The lowest BCUT2D eigenvalue weighted by atomic mass is 10.2. The van der Waals surface area contributed by atoms with Crippen molar-refractivity contribution in [3.05, 3.63) is 36.0 Å². The molecule has 88 valence electrons. The van der Waals surface area contributed by atoms with E-state index in [0.29, 0.717) is 5.56 Å². The van der Waals surface area contributed by atoms with Crippen molar-refractivity contribution in [2.45, 2.75) is 0 Å². The molecule has 0 atom stereocenters. The normalized spacial score (nSPS) is 10.7. The van der Waals surface area contributed by atoms with Gasteiger partial charge in [0.05, 0.1) is 29.2 Å². The second-order valence-corrected chi connectivity index (χ2v) is 4.15. The molecule has 18 heavy (non-hydrogen) atoms. The van der Waals surface area contributed by atoms with E-state index in [4.69, 9.17) is 10.00 Å². The van der Waals surface area contributed by atoms with Crippen molar-refractivity contribution in [2.24, 2.45) is 7.05 Å². The highest BCUT2D eigenvalue weighted by Gasteiger charge is 2.10. The second kappa shape index (κ2) is 3.74. The Morgan fingerprint density at radius 3 is 2.83 bits per heavy atom. The Hall–Kier alpha value is -2.54. The third kappa shape index (κ3) is 1.34. The van der Waals surface area contributed by atoms with Crippen molar-refractivity contribution in [2.75, 3.05) is 7.11 Å². The summed E-state index contributed by atoms with van der Waals surface area (Å²) in [4.78, 5) is 4.38. The van der Waals surface area contributed by atoms with E-state index >= 15 is 0 Å². The molecule has 4 nitrogen and oxygen atoms in total. The van der Waals surface area contributed by atoms with E-state index in [2.05, 4.69) is 11.1 Å². The number of rotatable bonds is 1. The molecular weight excluding hydrogens is 226 g/mol. The maximum atomic E-state index is 8.93. The van der Waals surface area contributed by atoms with E-state index in [-0.39, 0.29) is 0 Å². The fraction of sp³-hybridized carbons (Fsp3) is 0.143. The highest BCUT2D eigenvalue weighted by atomic mass is 16.5. The molecule has 0 N–H and O–H groups in total. The van der Waals surface area contributed by atoms with Gasteiger partial charge in [-0.3, -0.25) is 4.98 Å². The lowest BCUT2D eigenvalue weighted by Gasteiger charge is -2.00. The van der Waals surface area contributed by atoms with E-state index in [9.17, 15) is 0 Å². The van der Waals surface area contributed by atoms with Gasteiger partial charge >= 0.3 is 0 Å². The number of fused-ring (bicyclic) bond motifs is 3. The van der Waals surface area contributed by atoms with E-state index in [1.54, 1.807) is 13.3 Å². The van der Waals surface area contributed by atoms with Crippen LogP contribution in [0.3, 0.4) is 0 Å². The number of benzene rings is 1. The van der Waals surface area contributed by atoms with Crippen molar-refractivity contribution in [3.63, 3.8) is 0 Å². The van der Waals surface area contributed by atoms with Crippen LogP contribution in [0.15, 0.2) is 30.5 Å². The van der Waals surface area contributed by atoms with Gasteiger partial charge in [0.2, 0.25) is 0 Å². The van der Waals surface area contributed by atoms with Crippen LogP contribution in [-0.2, 0) is 7.05 Å². The summed E-state index contributed by atoms with van der Waals surface area (Å²) in [6.45, 7) is 0. The summed E-state index contributed by atoms with van der Waals surface area (Å²) in [5, 5.41) is 9.96. The highest BCUT2D eigenvalue weighted by molar-refractivity contribution is 6.06. The molecule has 1 aromatic carbocycles. The zero-order chi connectivity index (χ0) is 12.7. The first-order valence-electron chi connectivity index (χ1n) is 5.57. The molecular formula is C14H11N3O. The van der Waals surface area contributed by atoms with Crippen molar-refractivity contribution in [1.82, 2.24) is 9.55 Å². The average Bonchev–Trinajstić information content (AvgIpc) is 2.71. The standard InChI is InChI=1S/C14H11N3O/c1-17-12-4-3-10(18-2)6-11(12)14-13(17)5-9(7-15)8-16-14/h3-6,8H,1-2H3. The van der Waals surface area contributed by atoms with Crippen molar-refractivity contribution >= 4 is 21.9 Å². The molecule has 3 aromatic rings. The fourth-order valence-corrected chi connectivity index (χ4v) is 2.23. The molecule has 0 spiro atoms. The van der Waals surface area contributed by atoms with Gasteiger partial charge in [-0.05, 0) is 24.3 Å². The molecule has 0 fully saturated rings. The van der Waals surface area contributed by atoms with Crippen LogP contribution in [0.1, 0.15) is 5.56 Å². The molecule has 0 saturated carbocycles. The van der Waals surface area contributed by atoms with Crippen LogP contribution < -0.4 is 4.74 Å². The highest BCUT2D eigenvalue weighted by Crippen LogP contribution is 2.29. The lowest BCUT2D eigenvalue weighted by molar-refractivity contribution is 0.415. The Morgan fingerprint density at radius 1 is 1.28 bits per heavy atom. The maximum absolute atomic E-state index is 8.93. The Balaban J connectivity index is 2.47. The van der Waals surface area contributed by atoms with Gasteiger partial charge < -0.3 is 9.30 Å². The van der Waals surface area contributed by atoms with E-state index in [1.165, 1.54) is 0 Å². The van der Waals surface area contributed by atoms with Crippen LogP contribution >= 0.6 is 0 Å². The first kappa shape index (κ1) is 10.6. The number of nitriles is 1. The SMILES string of the molecule is COc1ccc2c(c1)c1ncc(C#N)cc1n2C. The maximum Gasteiger partial charge on any atom is 0.119 e. The molecule has 2 aromatic heterocycles. The number of hydrogen-bond donors (Lipinski definition) is 0. The summed E-state index contributed by atoms with van der Waals surface area (Å²) in [5.74, 6) is 0.807. The van der Waals surface area contributed by atoms with E-state index in [1.807, 2.05) is 35.9 Å². The van der Waals surface area contributed by atoms with Gasteiger partial charge in [-0.1, -0.05) is 0 Å². The average molecular weight is 237 g/mol. The van der Waals surface area contributed by atoms with Gasteiger partial charge in [-0.25, -0.2) is 0 Å². The minimum Gasteiger partial charge on any atom is -0.497 e. The molecule has 3 rings (SSSR count). The third-order valence-corrected chi connectivity index (χ3v) is 3.18. The van der Waals surface area contributed by atoms with Crippen molar-refractivity contribution < 1.29 is 4.74 Å². The largest absolute Gasteiger partial charge is 0.497 e. The van der Waals surface area contributed by atoms with Gasteiger partial charge in [0.15, 0.2) is 0 Å². The quantitative estimate of drug-likeness (QED) is 0.653. The summed E-state index contributed by atoms with van der Waals surface area (Å²) < 4.78 is 7.28. The zero-order valence-electron chi connectivity index (χ0n) is 10.1. The van der Waals surface area contributed by atoms with Crippen LogP contribution in [0.5, 0.6) is 5.75 Å². The van der Waals surface area contributed by atoms with Crippen LogP contribution in [0.4, 0.5) is 0 Å². The Kier molecular flexibility index (Phi) is 2.20. The molecule has 0 bridgehead atoms. The minimum absolute atomic E-state index is 0.570. The Bertz CT molecular complexity index is 796. The fourth-order valence-electron chi connectivity index (χ4n) is 2.23. The molecule has 0 aliphatic rings. The predicted octanol–water partition coefficient (Wildman–Crippen LogP) is 2.61. The third-order valence-electron chi connectivity index (χ3n) is 3.18. The number of pyridine rings is 1. The number of hydrogen-bond acceptors (Lipinski definition) is 3. The smallest absolute Gasteiger partial charge is 0.119 e. The van der Waals surface area contributed by atoms with Gasteiger partial charge in [-0.2, -0.15) is 5.26 Å². The molecule has 0 radical (unpaired) electrons. The molecule has 4 heteroatoms. The summed E-state index contributed by atoms with van der Waals surface area (Å²) >= 11 is 0. The monoisotopic (exact) mass is 237 g/mol. The topological polar surface area (TPSA) is 50.8 Å². The first-order chi connectivity index (χ1) is 8.74. The van der Waals surface area contributed by atoms with Gasteiger partial charge in [-0.15, -0.1) is 0 Å². The summed E-state index contributed by atoms with van der Waals surface area (Å²) in [6, 6.07) is 9.86. The number of aryl methyl sites for hydroxylation is 1. The van der Waals surface area contributed by atoms with Crippen LogP contribution in [0.25, 0.3) is 21.9 Å². The van der Waals surface area contributed by atoms with Crippen molar-refractivity contribution in [1.29, 1.82) is 5.26 Å². The van der Waals surface area contributed by atoms with Crippen molar-refractivity contribution in [3.8, 4) is 11.8 Å². The first-order valence-corrected chi connectivity index (χ1v) is 5.57. The van der Waals surface area contributed by atoms with E-state index in [0.717, 1.165) is 27.7 Å². The van der Waals surface area contributed by atoms with Crippen LogP contribution in [0, 0.1) is 11.3 Å². The molecule has 0 aliphatic heterocycles. The molecule has 0 aliphatic carbocycles. The van der Waals surface area contributed by atoms with Gasteiger partial charge in [0.25, 0.3) is 0 Å².